The number of carbonyl (C=O) groups is 2. The molecule has 6 nitrogen and oxygen atoms in total. The molecule has 258 valence electrons. The van der Waals surface area contributed by atoms with Crippen LogP contribution in [0.2, 0.25) is 0 Å². The standard InChI is InChI=1S/C38H74N2O4/c1-29(2)33-21-19-31(5)35(25-33)43-37(41)27-39(7,8)23-17-15-13-11-12-14-16-18-24-40(9,10)28-38(42)44-36-26-34(30(3)4)22-20-32(36)6/h29-36H,11-28H2,1-10H3/q+2. The Balaban J connectivity index is 1.51. The minimum Gasteiger partial charge on any atom is -0.458 e. The van der Waals surface area contributed by atoms with E-state index in [0.717, 1.165) is 38.8 Å². The van der Waals surface area contributed by atoms with Gasteiger partial charge in [-0.2, -0.15) is 0 Å². The van der Waals surface area contributed by atoms with E-state index < -0.39 is 0 Å². The summed E-state index contributed by atoms with van der Waals surface area (Å²) in [5.41, 5.74) is 0. The van der Waals surface area contributed by atoms with Gasteiger partial charge in [0.15, 0.2) is 13.1 Å². The third-order valence-electron chi connectivity index (χ3n) is 11.2. The molecule has 6 heteroatoms. The van der Waals surface area contributed by atoms with Crippen LogP contribution >= 0.6 is 0 Å². The number of quaternary nitrogens is 2. The molecule has 0 amide bonds. The maximum atomic E-state index is 12.8. The number of hydrogen-bond acceptors (Lipinski definition) is 4. The van der Waals surface area contributed by atoms with Crippen LogP contribution in [-0.4, -0.2) is 87.5 Å². The first kappa shape index (κ1) is 39.0. The smallest absolute Gasteiger partial charge is 0.362 e. The maximum Gasteiger partial charge on any atom is 0.362 e. The van der Waals surface area contributed by atoms with Gasteiger partial charge in [0.05, 0.1) is 41.3 Å². The largest absolute Gasteiger partial charge is 0.458 e. The number of nitrogens with zero attached hydrogens (tertiary/aromatic N) is 2. The van der Waals surface area contributed by atoms with Gasteiger partial charge in [0, 0.05) is 0 Å². The van der Waals surface area contributed by atoms with Crippen LogP contribution < -0.4 is 0 Å². The van der Waals surface area contributed by atoms with Crippen molar-refractivity contribution in [1.82, 2.24) is 0 Å². The summed E-state index contributed by atoms with van der Waals surface area (Å²) in [4.78, 5) is 25.6. The van der Waals surface area contributed by atoms with Crippen LogP contribution in [0.1, 0.15) is 131 Å². The van der Waals surface area contributed by atoms with E-state index in [1.165, 1.54) is 64.2 Å². The quantitative estimate of drug-likeness (QED) is 0.0827. The molecule has 0 aromatic rings. The molecule has 2 saturated carbocycles. The van der Waals surface area contributed by atoms with Gasteiger partial charge >= 0.3 is 11.9 Å². The first-order valence-electron chi connectivity index (χ1n) is 18.6. The zero-order valence-electron chi connectivity index (χ0n) is 30.9. The Labute approximate surface area is 273 Å². The topological polar surface area (TPSA) is 52.6 Å². The molecule has 6 unspecified atom stereocenters. The molecule has 0 spiro atoms. The van der Waals surface area contributed by atoms with Crippen LogP contribution in [0, 0.1) is 35.5 Å². The second-order valence-electron chi connectivity index (χ2n) is 17.1. The minimum absolute atomic E-state index is 0.0199. The molecule has 0 bridgehead atoms. The summed E-state index contributed by atoms with van der Waals surface area (Å²) >= 11 is 0. The van der Waals surface area contributed by atoms with Crippen molar-refractivity contribution < 1.29 is 28.0 Å². The van der Waals surface area contributed by atoms with Crippen LogP contribution in [-0.2, 0) is 19.1 Å². The van der Waals surface area contributed by atoms with E-state index in [1.54, 1.807) is 0 Å². The van der Waals surface area contributed by atoms with Gasteiger partial charge in [0.25, 0.3) is 0 Å². The molecule has 0 saturated heterocycles. The highest BCUT2D eigenvalue weighted by molar-refractivity contribution is 5.71. The van der Waals surface area contributed by atoms with Gasteiger partial charge in [0.2, 0.25) is 0 Å². The Morgan fingerprint density at radius 3 is 1.20 bits per heavy atom. The molecule has 2 rings (SSSR count). The lowest BCUT2D eigenvalue weighted by atomic mass is 9.76. The molecule has 0 heterocycles. The Morgan fingerprint density at radius 1 is 0.568 bits per heavy atom. The lowest BCUT2D eigenvalue weighted by Crippen LogP contribution is -2.46. The lowest BCUT2D eigenvalue weighted by Gasteiger charge is -2.36. The van der Waals surface area contributed by atoms with Gasteiger partial charge in [0.1, 0.15) is 12.2 Å². The minimum atomic E-state index is -0.0199. The lowest BCUT2D eigenvalue weighted by molar-refractivity contribution is -0.883. The second kappa shape index (κ2) is 18.9. The Kier molecular flexibility index (Phi) is 16.7. The fourth-order valence-electron chi connectivity index (χ4n) is 7.57. The summed E-state index contributed by atoms with van der Waals surface area (Å²) in [6, 6.07) is 0. The molecule has 44 heavy (non-hydrogen) atoms. The summed E-state index contributed by atoms with van der Waals surface area (Å²) in [5, 5.41) is 0. The first-order chi connectivity index (χ1) is 20.6. The third-order valence-corrected chi connectivity index (χ3v) is 11.2. The summed E-state index contributed by atoms with van der Waals surface area (Å²) < 4.78 is 13.5. The molecule has 0 N–H and O–H groups in total. The molecule has 0 radical (unpaired) electrons. The van der Waals surface area contributed by atoms with Gasteiger partial charge in [-0.05, 0) is 99.7 Å². The van der Waals surface area contributed by atoms with Crippen LogP contribution in [0.5, 0.6) is 0 Å². The van der Waals surface area contributed by atoms with Gasteiger partial charge in [-0.1, -0.05) is 67.2 Å². The van der Waals surface area contributed by atoms with Crippen molar-refractivity contribution in [3.8, 4) is 0 Å². The molecule has 2 fully saturated rings. The summed E-state index contributed by atoms with van der Waals surface area (Å²) in [7, 11) is 8.67. The van der Waals surface area contributed by atoms with Crippen molar-refractivity contribution in [1.29, 1.82) is 0 Å². The molecule has 0 aliphatic heterocycles. The number of likely N-dealkylation sites (N-methyl/N-ethyl adjacent to an activating group) is 2. The van der Waals surface area contributed by atoms with E-state index in [9.17, 15) is 9.59 Å². The van der Waals surface area contributed by atoms with Crippen molar-refractivity contribution in [2.24, 2.45) is 35.5 Å². The molecule has 0 aromatic carbocycles. The van der Waals surface area contributed by atoms with Gasteiger partial charge in [-0.3, -0.25) is 0 Å². The first-order valence-corrected chi connectivity index (χ1v) is 18.6. The van der Waals surface area contributed by atoms with Crippen molar-refractivity contribution in [3.05, 3.63) is 0 Å². The molecule has 2 aliphatic rings. The van der Waals surface area contributed by atoms with E-state index in [-0.39, 0.29) is 24.1 Å². The van der Waals surface area contributed by atoms with Crippen molar-refractivity contribution in [2.45, 2.75) is 144 Å². The fraction of sp³-hybridized carbons (Fsp3) is 0.947. The van der Waals surface area contributed by atoms with Crippen molar-refractivity contribution >= 4 is 11.9 Å². The zero-order valence-corrected chi connectivity index (χ0v) is 30.9. The van der Waals surface area contributed by atoms with Crippen molar-refractivity contribution in [3.63, 3.8) is 0 Å². The molecular weight excluding hydrogens is 548 g/mol. The van der Waals surface area contributed by atoms with E-state index in [2.05, 4.69) is 69.7 Å². The SMILES string of the molecule is CC(C)C1CCC(C)C(OC(=O)C[N+](C)(C)CCCCCCCCCC[N+](C)(C)CC(=O)OC2CC(C(C)C)CCC2C)C1. The molecular formula is C38H74N2O4+2. The van der Waals surface area contributed by atoms with Gasteiger partial charge < -0.3 is 18.4 Å². The summed E-state index contributed by atoms with van der Waals surface area (Å²) in [6.07, 6.45) is 17.0. The third kappa shape index (κ3) is 15.0. The van der Waals surface area contributed by atoms with Crippen LogP contribution in [0.25, 0.3) is 0 Å². The average molecular weight is 623 g/mol. The maximum absolute atomic E-state index is 12.8. The molecule has 2 aliphatic carbocycles. The fourth-order valence-corrected chi connectivity index (χ4v) is 7.57. The number of ether oxygens (including phenoxy) is 2. The van der Waals surface area contributed by atoms with Gasteiger partial charge in [-0.15, -0.1) is 0 Å². The number of esters is 2. The Bertz CT molecular complexity index is 771. The Hall–Kier alpha value is -1.14. The number of carbonyl (C=O) groups excluding carboxylic acids is 2. The molecule has 6 atom stereocenters. The Morgan fingerprint density at radius 2 is 0.886 bits per heavy atom. The van der Waals surface area contributed by atoms with Crippen LogP contribution in [0.4, 0.5) is 0 Å². The summed E-state index contributed by atoms with van der Waals surface area (Å²) in [5.74, 6) is 3.61. The van der Waals surface area contributed by atoms with Crippen molar-refractivity contribution in [2.75, 3.05) is 54.4 Å². The predicted molar refractivity (Wildman–Crippen MR) is 183 cm³/mol. The van der Waals surface area contributed by atoms with E-state index >= 15 is 0 Å². The zero-order chi connectivity index (χ0) is 32.9. The van der Waals surface area contributed by atoms with E-state index in [4.69, 9.17) is 9.47 Å². The molecule has 0 aromatic heterocycles. The highest BCUT2D eigenvalue weighted by Crippen LogP contribution is 2.36. The monoisotopic (exact) mass is 623 g/mol. The normalized spacial score (nSPS) is 26.6. The number of rotatable bonds is 19. The van der Waals surface area contributed by atoms with E-state index in [1.807, 2.05) is 0 Å². The highest BCUT2D eigenvalue weighted by atomic mass is 16.5. The number of unbranched alkanes of at least 4 members (excludes halogenated alkanes) is 7. The average Bonchev–Trinajstić information content (AvgIpc) is 2.91. The van der Waals surface area contributed by atoms with E-state index in [0.29, 0.717) is 57.6 Å². The predicted octanol–water partition coefficient (Wildman–Crippen LogP) is 8.27. The highest BCUT2D eigenvalue weighted by Gasteiger charge is 2.34. The summed E-state index contributed by atoms with van der Waals surface area (Å²) in [6.45, 7) is 16.7. The second-order valence-corrected chi connectivity index (χ2v) is 17.1. The van der Waals surface area contributed by atoms with Crippen LogP contribution in [0.3, 0.4) is 0 Å². The number of hydrogen-bond donors (Lipinski definition) is 0. The van der Waals surface area contributed by atoms with Gasteiger partial charge in [-0.25, -0.2) is 9.59 Å². The van der Waals surface area contributed by atoms with Crippen LogP contribution in [0.15, 0.2) is 0 Å².